The van der Waals surface area contributed by atoms with Crippen LogP contribution in [0.25, 0.3) is 0 Å². The van der Waals surface area contributed by atoms with Crippen molar-refractivity contribution in [1.82, 2.24) is 9.88 Å². The second-order valence-electron chi connectivity index (χ2n) is 6.45. The third kappa shape index (κ3) is 4.43. The van der Waals surface area contributed by atoms with Crippen LogP contribution in [0.3, 0.4) is 0 Å². The van der Waals surface area contributed by atoms with Crippen molar-refractivity contribution >= 4 is 22.9 Å². The summed E-state index contributed by atoms with van der Waals surface area (Å²) < 4.78 is 6.00. The number of anilines is 1. The van der Waals surface area contributed by atoms with E-state index in [1.54, 1.807) is 12.3 Å². The summed E-state index contributed by atoms with van der Waals surface area (Å²) >= 11 is 5.56. The van der Waals surface area contributed by atoms with Gasteiger partial charge in [-0.25, -0.2) is 4.98 Å². The van der Waals surface area contributed by atoms with Gasteiger partial charge in [-0.3, -0.25) is 0 Å². The number of piperazine rings is 1. The third-order valence-corrected chi connectivity index (χ3v) is 5.23. The lowest BCUT2D eigenvalue weighted by Gasteiger charge is -2.37. The van der Waals surface area contributed by atoms with Gasteiger partial charge < -0.3 is 14.5 Å². The molecule has 0 spiro atoms. The Morgan fingerprint density at radius 1 is 1.21 bits per heavy atom. The van der Waals surface area contributed by atoms with Crippen molar-refractivity contribution in [2.45, 2.75) is 38.2 Å². The number of hydrogen-bond acceptors (Lipinski definition) is 5. The van der Waals surface area contributed by atoms with Crippen LogP contribution in [-0.4, -0.2) is 53.8 Å². The van der Waals surface area contributed by atoms with Crippen LogP contribution >= 0.6 is 12.2 Å². The van der Waals surface area contributed by atoms with Gasteiger partial charge in [-0.1, -0.05) is 31.5 Å². The van der Waals surface area contributed by atoms with Crippen molar-refractivity contribution in [2.75, 3.05) is 37.7 Å². The van der Waals surface area contributed by atoms with Gasteiger partial charge in [0.15, 0.2) is 0 Å². The number of hydrogen-bond donors (Lipinski definition) is 0. The van der Waals surface area contributed by atoms with Gasteiger partial charge in [0, 0.05) is 26.2 Å². The molecule has 0 unspecified atom stereocenters. The Hall–Kier alpha value is -1.71. The van der Waals surface area contributed by atoms with E-state index in [0.29, 0.717) is 18.4 Å². The first-order chi connectivity index (χ1) is 11.8. The van der Waals surface area contributed by atoms with Crippen molar-refractivity contribution in [2.24, 2.45) is 0 Å². The largest absolute Gasteiger partial charge is 0.371 e. The highest BCUT2D eigenvalue weighted by molar-refractivity contribution is 7.80. The van der Waals surface area contributed by atoms with E-state index in [2.05, 4.69) is 20.9 Å². The van der Waals surface area contributed by atoms with Crippen LogP contribution in [0.5, 0.6) is 0 Å². The van der Waals surface area contributed by atoms with Crippen LogP contribution in [0.15, 0.2) is 18.3 Å². The van der Waals surface area contributed by atoms with E-state index in [4.69, 9.17) is 22.2 Å². The molecule has 1 saturated carbocycles. The normalized spacial score (nSPS) is 19.1. The van der Waals surface area contributed by atoms with Crippen LogP contribution in [0.1, 0.15) is 37.8 Å². The number of thiocarbonyl (C=S) groups is 1. The molecule has 1 aromatic heterocycles. The summed E-state index contributed by atoms with van der Waals surface area (Å²) in [5, 5.41) is 8.82. The van der Waals surface area contributed by atoms with Gasteiger partial charge in [0.25, 0.3) is 0 Å². The van der Waals surface area contributed by atoms with E-state index in [1.165, 1.54) is 32.1 Å². The maximum atomic E-state index is 8.82. The van der Waals surface area contributed by atoms with Gasteiger partial charge in [0.05, 0.1) is 24.6 Å². The van der Waals surface area contributed by atoms with E-state index in [1.807, 2.05) is 6.07 Å². The van der Waals surface area contributed by atoms with Crippen LogP contribution in [0.2, 0.25) is 0 Å². The Kier molecular flexibility index (Phi) is 6.00. The Morgan fingerprint density at radius 2 is 1.96 bits per heavy atom. The van der Waals surface area contributed by atoms with E-state index < -0.39 is 0 Å². The lowest BCUT2D eigenvalue weighted by molar-refractivity contribution is 0.0497. The molecule has 2 fully saturated rings. The predicted molar refractivity (Wildman–Crippen MR) is 98.2 cm³/mol. The number of rotatable bonds is 4. The minimum atomic E-state index is 0.405. The first-order valence-electron chi connectivity index (χ1n) is 8.77. The van der Waals surface area contributed by atoms with E-state index in [0.717, 1.165) is 36.9 Å². The Balaban J connectivity index is 1.43. The van der Waals surface area contributed by atoms with Crippen LogP contribution in [0, 0.1) is 11.3 Å². The summed E-state index contributed by atoms with van der Waals surface area (Å²) in [6.07, 6.45) is 8.46. The molecule has 0 bridgehead atoms. The summed E-state index contributed by atoms with van der Waals surface area (Å²) in [7, 11) is 0. The first-order valence-corrected chi connectivity index (χ1v) is 9.17. The molecule has 1 aliphatic carbocycles. The van der Waals surface area contributed by atoms with Crippen molar-refractivity contribution in [3.05, 3.63) is 24.0 Å². The van der Waals surface area contributed by atoms with Gasteiger partial charge in [-0.15, -0.1) is 0 Å². The molecule has 0 N–H and O–H groups in total. The van der Waals surface area contributed by atoms with Crippen molar-refractivity contribution in [3.63, 3.8) is 0 Å². The molecule has 2 aliphatic rings. The molecule has 2 heterocycles. The molecule has 128 valence electrons. The Bertz CT molecular complexity index is 584. The highest BCUT2D eigenvalue weighted by Gasteiger charge is 2.21. The first kappa shape index (κ1) is 17.1. The summed E-state index contributed by atoms with van der Waals surface area (Å²) in [6.45, 7) is 4.23. The number of pyridine rings is 1. The molecule has 5 nitrogen and oxygen atoms in total. The number of aromatic nitrogens is 1. The molecule has 24 heavy (non-hydrogen) atoms. The molecule has 6 heteroatoms. The zero-order valence-corrected chi connectivity index (χ0v) is 14.8. The second kappa shape index (κ2) is 8.41. The summed E-state index contributed by atoms with van der Waals surface area (Å²) in [6, 6.07) is 5.78. The SMILES string of the molecule is N#Cc1ccc(N2CCN(C(=S)COC3CCCCC3)CC2)cn1. The van der Waals surface area contributed by atoms with Crippen molar-refractivity contribution in [3.8, 4) is 6.07 Å². The minimum Gasteiger partial charge on any atom is -0.371 e. The van der Waals surface area contributed by atoms with E-state index >= 15 is 0 Å². The van der Waals surface area contributed by atoms with Crippen LogP contribution < -0.4 is 4.90 Å². The molecule has 0 atom stereocenters. The monoisotopic (exact) mass is 344 g/mol. The fourth-order valence-electron chi connectivity index (χ4n) is 3.37. The predicted octanol–water partition coefficient (Wildman–Crippen LogP) is 2.75. The molecular weight excluding hydrogens is 320 g/mol. The summed E-state index contributed by atoms with van der Waals surface area (Å²) in [5.74, 6) is 0. The van der Waals surface area contributed by atoms with Gasteiger partial charge >= 0.3 is 0 Å². The molecule has 1 aromatic rings. The number of nitriles is 1. The molecular formula is C18H24N4OS. The Labute approximate surface area is 149 Å². The van der Waals surface area contributed by atoms with Crippen molar-refractivity contribution in [1.29, 1.82) is 5.26 Å². The van der Waals surface area contributed by atoms with Gasteiger partial charge in [-0.2, -0.15) is 5.26 Å². The molecule has 1 saturated heterocycles. The average molecular weight is 344 g/mol. The molecule has 3 rings (SSSR count). The lowest BCUT2D eigenvalue weighted by atomic mass is 9.98. The fraction of sp³-hybridized carbons (Fsp3) is 0.611. The quantitative estimate of drug-likeness (QED) is 0.783. The van der Waals surface area contributed by atoms with E-state index in [-0.39, 0.29) is 0 Å². The Morgan fingerprint density at radius 3 is 2.58 bits per heavy atom. The van der Waals surface area contributed by atoms with Gasteiger partial charge in [0.2, 0.25) is 0 Å². The average Bonchev–Trinajstić information content (AvgIpc) is 2.67. The zero-order chi connectivity index (χ0) is 16.8. The smallest absolute Gasteiger partial charge is 0.140 e. The maximum absolute atomic E-state index is 8.82. The topological polar surface area (TPSA) is 52.4 Å². The lowest BCUT2D eigenvalue weighted by Crippen LogP contribution is -2.49. The zero-order valence-electron chi connectivity index (χ0n) is 14.0. The van der Waals surface area contributed by atoms with Crippen LogP contribution in [0.4, 0.5) is 5.69 Å². The third-order valence-electron chi connectivity index (χ3n) is 4.85. The summed E-state index contributed by atoms with van der Waals surface area (Å²) in [5.41, 5.74) is 1.52. The maximum Gasteiger partial charge on any atom is 0.140 e. The van der Waals surface area contributed by atoms with Crippen LogP contribution in [-0.2, 0) is 4.74 Å². The van der Waals surface area contributed by atoms with Gasteiger partial charge in [0.1, 0.15) is 16.8 Å². The molecule has 0 amide bonds. The molecule has 0 radical (unpaired) electrons. The second-order valence-corrected chi connectivity index (χ2v) is 6.92. The number of nitrogens with zero attached hydrogens (tertiary/aromatic N) is 4. The van der Waals surface area contributed by atoms with E-state index in [9.17, 15) is 0 Å². The molecule has 1 aliphatic heterocycles. The fourth-order valence-corrected chi connectivity index (χ4v) is 3.62. The standard InChI is InChI=1S/C18H24N4OS/c19-12-15-6-7-16(13-20-15)21-8-10-22(11-9-21)18(24)14-23-17-4-2-1-3-5-17/h6-7,13,17H,1-5,8-11,14H2. The van der Waals surface area contributed by atoms with Gasteiger partial charge in [-0.05, 0) is 25.0 Å². The summed E-state index contributed by atoms with van der Waals surface area (Å²) in [4.78, 5) is 9.62. The highest BCUT2D eigenvalue weighted by atomic mass is 32.1. The number of ether oxygens (including phenoxy) is 1. The molecule has 0 aromatic carbocycles. The highest BCUT2D eigenvalue weighted by Crippen LogP contribution is 2.21. The minimum absolute atomic E-state index is 0.405. The van der Waals surface area contributed by atoms with Crippen molar-refractivity contribution < 1.29 is 4.74 Å².